The highest BCUT2D eigenvalue weighted by molar-refractivity contribution is 5.92. The molecule has 0 atom stereocenters. The van der Waals surface area contributed by atoms with Crippen LogP contribution in [0.15, 0.2) is 12.4 Å². The third-order valence-electron chi connectivity index (χ3n) is 1.94. The first kappa shape index (κ1) is 9.92. The molecule has 4 heteroatoms. The number of carbonyl (C=O) groups excluding carboxylic acids is 1. The topological polar surface area (TPSA) is 35.1 Å². The van der Waals surface area contributed by atoms with Gasteiger partial charge in [0, 0.05) is 7.11 Å². The fraction of sp³-hybridized carbons (Fsp3) is 0.556. The van der Waals surface area contributed by atoms with E-state index in [1.165, 1.54) is 7.11 Å². The van der Waals surface area contributed by atoms with Gasteiger partial charge in [-0.2, -0.15) is 0 Å². The summed E-state index contributed by atoms with van der Waals surface area (Å²) < 4.78 is 8.52. The van der Waals surface area contributed by atoms with Gasteiger partial charge in [-0.1, -0.05) is 0 Å². The average Bonchev–Trinajstić information content (AvgIpc) is 2.47. The number of ketones is 1. The molecule has 0 unspecified atom stereocenters. The quantitative estimate of drug-likeness (QED) is 0.492. The molecule has 72 valence electrons. The third-order valence-corrected chi connectivity index (χ3v) is 1.94. The van der Waals surface area contributed by atoms with Crippen molar-refractivity contribution in [3.8, 4) is 0 Å². The molecule has 0 spiro atoms. The normalized spacial score (nSPS) is 10.4. The van der Waals surface area contributed by atoms with Crippen molar-refractivity contribution in [2.24, 2.45) is 7.05 Å². The van der Waals surface area contributed by atoms with Crippen LogP contribution in [0.25, 0.3) is 0 Å². The van der Waals surface area contributed by atoms with Gasteiger partial charge in [0.25, 0.3) is 5.78 Å². The minimum atomic E-state index is 0.0110. The zero-order valence-electron chi connectivity index (χ0n) is 8.28. The first-order valence-corrected chi connectivity index (χ1v) is 4.27. The van der Waals surface area contributed by atoms with E-state index in [1.807, 2.05) is 35.5 Å². The Morgan fingerprint density at radius 2 is 2.38 bits per heavy atom. The van der Waals surface area contributed by atoms with Crippen LogP contribution in [-0.2, 0) is 18.3 Å². The molecule has 0 saturated carbocycles. The zero-order chi connectivity index (χ0) is 9.84. The summed E-state index contributed by atoms with van der Waals surface area (Å²) in [4.78, 5) is 11.5. The molecule has 0 aliphatic carbocycles. The predicted molar refractivity (Wildman–Crippen MR) is 47.5 cm³/mol. The van der Waals surface area contributed by atoms with E-state index >= 15 is 0 Å². The molecule has 0 fully saturated rings. The van der Waals surface area contributed by atoms with Gasteiger partial charge in [0.05, 0.1) is 13.6 Å². The van der Waals surface area contributed by atoms with Crippen LogP contribution in [0.5, 0.6) is 0 Å². The number of Topliss-reactive ketones (excluding diaryl/α,β-unsaturated/α-hetero) is 1. The van der Waals surface area contributed by atoms with Crippen molar-refractivity contribution < 1.29 is 14.1 Å². The fourth-order valence-corrected chi connectivity index (χ4v) is 1.33. The molecule has 0 N–H and O–H groups in total. The van der Waals surface area contributed by atoms with Crippen LogP contribution in [0.1, 0.15) is 17.5 Å². The van der Waals surface area contributed by atoms with E-state index in [0.717, 1.165) is 6.54 Å². The zero-order valence-corrected chi connectivity index (χ0v) is 8.28. The molecule has 0 radical (unpaired) electrons. The molecule has 1 heterocycles. The summed E-state index contributed by atoms with van der Waals surface area (Å²) >= 11 is 0. The summed E-state index contributed by atoms with van der Waals surface area (Å²) in [6.45, 7) is 2.94. The van der Waals surface area contributed by atoms with Crippen molar-refractivity contribution >= 4 is 5.78 Å². The maximum atomic E-state index is 11.5. The van der Waals surface area contributed by atoms with Crippen LogP contribution >= 0.6 is 0 Å². The summed E-state index contributed by atoms with van der Waals surface area (Å²) in [7, 11) is 3.38. The standard InChI is InChI=1S/C9H15N2O2/c1-4-11-6-5-10(2)9(11)8(12)7-13-3/h5-6H,4,7H2,1-3H3/q+1. The second kappa shape index (κ2) is 4.18. The number of imidazole rings is 1. The van der Waals surface area contributed by atoms with Gasteiger partial charge in [-0.05, 0) is 6.92 Å². The van der Waals surface area contributed by atoms with Crippen molar-refractivity contribution in [3.63, 3.8) is 0 Å². The Kier molecular flexibility index (Phi) is 3.19. The van der Waals surface area contributed by atoms with Crippen molar-refractivity contribution in [1.29, 1.82) is 0 Å². The molecule has 4 nitrogen and oxygen atoms in total. The van der Waals surface area contributed by atoms with E-state index in [0.29, 0.717) is 5.82 Å². The van der Waals surface area contributed by atoms with E-state index in [-0.39, 0.29) is 12.4 Å². The molecular formula is C9H15N2O2+. The van der Waals surface area contributed by atoms with Crippen molar-refractivity contribution in [2.75, 3.05) is 13.7 Å². The highest BCUT2D eigenvalue weighted by atomic mass is 16.5. The van der Waals surface area contributed by atoms with E-state index < -0.39 is 0 Å². The van der Waals surface area contributed by atoms with E-state index in [4.69, 9.17) is 4.74 Å². The van der Waals surface area contributed by atoms with Crippen LogP contribution in [0.2, 0.25) is 0 Å². The maximum Gasteiger partial charge on any atom is 0.327 e. The number of rotatable bonds is 4. The number of hydrogen-bond donors (Lipinski definition) is 0. The van der Waals surface area contributed by atoms with Crippen molar-refractivity contribution in [1.82, 2.24) is 4.57 Å². The third kappa shape index (κ3) is 1.95. The van der Waals surface area contributed by atoms with Gasteiger partial charge in [0.2, 0.25) is 0 Å². The SMILES string of the molecule is CCn1cc[n+](C)c1C(=O)COC. The van der Waals surface area contributed by atoms with E-state index in [1.54, 1.807) is 0 Å². The first-order chi connectivity index (χ1) is 6.20. The van der Waals surface area contributed by atoms with E-state index in [9.17, 15) is 4.79 Å². The number of nitrogens with zero attached hydrogens (tertiary/aromatic N) is 2. The van der Waals surface area contributed by atoms with Gasteiger partial charge in [-0.3, -0.25) is 4.79 Å². The summed E-state index contributed by atoms with van der Waals surface area (Å²) in [5.74, 6) is 0.696. The largest absolute Gasteiger partial charge is 0.376 e. The Hall–Kier alpha value is -1.16. The number of hydrogen-bond acceptors (Lipinski definition) is 2. The van der Waals surface area contributed by atoms with E-state index in [2.05, 4.69) is 0 Å². The minimum Gasteiger partial charge on any atom is -0.376 e. The number of aryl methyl sites for hydroxylation is 2. The molecule has 1 rings (SSSR count). The monoisotopic (exact) mass is 183 g/mol. The molecule has 0 amide bonds. The lowest BCUT2D eigenvalue weighted by Gasteiger charge is -1.98. The Balaban J connectivity index is 2.96. The average molecular weight is 183 g/mol. The molecule has 13 heavy (non-hydrogen) atoms. The fourth-order valence-electron chi connectivity index (χ4n) is 1.33. The summed E-state index contributed by atoms with van der Waals surface area (Å²) in [6, 6.07) is 0. The van der Waals surface area contributed by atoms with Gasteiger partial charge in [0.15, 0.2) is 0 Å². The predicted octanol–water partition coefficient (Wildman–Crippen LogP) is 0.162. The molecule has 0 aliphatic heterocycles. The van der Waals surface area contributed by atoms with Gasteiger partial charge in [0.1, 0.15) is 19.0 Å². The van der Waals surface area contributed by atoms with Crippen LogP contribution < -0.4 is 4.57 Å². The molecule has 0 saturated heterocycles. The summed E-state index contributed by atoms with van der Waals surface area (Å²) in [6.07, 6.45) is 3.76. The Morgan fingerprint density at radius 1 is 1.69 bits per heavy atom. The van der Waals surface area contributed by atoms with Crippen LogP contribution in [-0.4, -0.2) is 24.1 Å². The number of ether oxygens (including phenoxy) is 1. The Morgan fingerprint density at radius 3 is 2.92 bits per heavy atom. The van der Waals surface area contributed by atoms with Gasteiger partial charge in [-0.15, -0.1) is 0 Å². The maximum absolute atomic E-state index is 11.5. The smallest absolute Gasteiger partial charge is 0.327 e. The lowest BCUT2D eigenvalue weighted by molar-refractivity contribution is -0.673. The molecular weight excluding hydrogens is 168 g/mol. The van der Waals surface area contributed by atoms with Gasteiger partial charge in [-0.25, -0.2) is 9.13 Å². The van der Waals surface area contributed by atoms with Gasteiger partial charge < -0.3 is 4.74 Å². The first-order valence-electron chi connectivity index (χ1n) is 4.27. The summed E-state index contributed by atoms with van der Waals surface area (Å²) in [5, 5.41) is 0. The number of aromatic nitrogens is 2. The Bertz CT molecular complexity index is 305. The second-order valence-corrected chi connectivity index (χ2v) is 2.87. The van der Waals surface area contributed by atoms with Gasteiger partial charge >= 0.3 is 5.82 Å². The van der Waals surface area contributed by atoms with Crippen molar-refractivity contribution in [3.05, 3.63) is 18.2 Å². The van der Waals surface area contributed by atoms with Crippen LogP contribution in [0, 0.1) is 0 Å². The number of methoxy groups -OCH3 is 1. The molecule has 0 aliphatic rings. The van der Waals surface area contributed by atoms with Crippen LogP contribution in [0.3, 0.4) is 0 Å². The molecule has 0 aromatic carbocycles. The number of carbonyl (C=O) groups is 1. The highest BCUT2D eigenvalue weighted by Crippen LogP contribution is 1.96. The molecule has 1 aromatic rings. The highest BCUT2D eigenvalue weighted by Gasteiger charge is 2.21. The summed E-state index contributed by atoms with van der Waals surface area (Å²) in [5.41, 5.74) is 0. The minimum absolute atomic E-state index is 0.0110. The lowest BCUT2D eigenvalue weighted by Crippen LogP contribution is -2.36. The van der Waals surface area contributed by atoms with Crippen LogP contribution in [0.4, 0.5) is 0 Å². The molecule has 0 bridgehead atoms. The molecule has 1 aromatic heterocycles. The lowest BCUT2D eigenvalue weighted by atomic mass is 10.4. The Labute approximate surface area is 77.7 Å². The second-order valence-electron chi connectivity index (χ2n) is 2.87. The van der Waals surface area contributed by atoms with Crippen molar-refractivity contribution in [2.45, 2.75) is 13.5 Å².